The number of carboxylic acid groups (broad SMARTS) is 2. The minimum atomic E-state index is -1.16. The highest BCUT2D eigenvalue weighted by Gasteiger charge is 2.24. The van der Waals surface area contributed by atoms with Crippen molar-refractivity contribution in [2.45, 2.75) is 157 Å². The van der Waals surface area contributed by atoms with Gasteiger partial charge in [-0.3, -0.25) is 0 Å². The minimum absolute atomic E-state index is 0.0157. The number of unbranched alkanes of at least 4 members (excludes halogenated alkanes) is 13. The Morgan fingerprint density at radius 3 is 1.36 bits per heavy atom. The number of esters is 2. The van der Waals surface area contributed by atoms with E-state index in [0.717, 1.165) is 74.5 Å². The van der Waals surface area contributed by atoms with E-state index in [4.69, 9.17) is 9.47 Å². The predicted molar refractivity (Wildman–Crippen MR) is 201 cm³/mol. The number of hydrogen-bond donors (Lipinski definition) is 2. The standard InChI is InChI=1S/C24H38O4.C18H26O4/c1-3-5-7-9-11-15-19-27-23(25)21-17-13-14-18-22(21)24(26)28-20-16-12-10-8-6-4-2;1-4-7-8-9-10-14-13(6-3)12(5-2)11-15(17(19)20)16(14)18(21)22/h13-14,17-18H,3-12,15-16,19-20H2,1-2H3;11H,4-10H2,1-3H3,(H,19,20)(H,21,22). The van der Waals surface area contributed by atoms with E-state index in [1.54, 1.807) is 30.3 Å². The highest BCUT2D eigenvalue weighted by Crippen LogP contribution is 2.27. The highest BCUT2D eigenvalue weighted by atomic mass is 16.5. The summed E-state index contributed by atoms with van der Waals surface area (Å²) in [6.07, 6.45) is 19.9. The number of carbonyl (C=O) groups is 4. The number of ether oxygens (including phenoxy) is 2. The molecule has 2 aromatic carbocycles. The van der Waals surface area contributed by atoms with Crippen LogP contribution in [0, 0.1) is 0 Å². The Hall–Kier alpha value is -3.68. The maximum absolute atomic E-state index is 12.4. The van der Waals surface area contributed by atoms with Crippen LogP contribution >= 0.6 is 0 Å². The van der Waals surface area contributed by atoms with Gasteiger partial charge in [-0.25, -0.2) is 19.2 Å². The summed E-state index contributed by atoms with van der Waals surface area (Å²) in [5.41, 5.74) is 3.19. The molecule has 2 N–H and O–H groups in total. The number of aromatic carboxylic acids is 2. The Balaban J connectivity index is 0.000000515. The average Bonchev–Trinajstić information content (AvgIpc) is 3.11. The van der Waals surface area contributed by atoms with Gasteiger partial charge in [-0.1, -0.05) is 130 Å². The zero-order valence-electron chi connectivity index (χ0n) is 31.6. The predicted octanol–water partition coefficient (Wildman–Crippen LogP) is 11.1. The third-order valence-corrected chi connectivity index (χ3v) is 8.93. The number of carbonyl (C=O) groups excluding carboxylic acids is 2. The van der Waals surface area contributed by atoms with E-state index in [-0.39, 0.29) is 11.1 Å². The molecule has 0 unspecified atom stereocenters. The molecule has 0 aromatic heterocycles. The molecule has 0 spiro atoms. The number of aryl methyl sites for hydroxylation is 1. The van der Waals surface area contributed by atoms with Crippen molar-refractivity contribution in [1.29, 1.82) is 0 Å². The molecule has 2 rings (SSSR count). The van der Waals surface area contributed by atoms with Crippen LogP contribution in [0.2, 0.25) is 0 Å². The molecular weight excluding hydrogens is 632 g/mol. The summed E-state index contributed by atoms with van der Waals surface area (Å²) < 4.78 is 10.7. The first kappa shape index (κ1) is 44.3. The first-order chi connectivity index (χ1) is 24.2. The van der Waals surface area contributed by atoms with Crippen molar-refractivity contribution in [3.05, 3.63) is 69.3 Å². The van der Waals surface area contributed by atoms with Gasteiger partial charge in [0, 0.05) is 0 Å². The second-order valence-corrected chi connectivity index (χ2v) is 12.9. The molecule has 0 bridgehead atoms. The molecule has 0 aliphatic carbocycles. The van der Waals surface area contributed by atoms with Gasteiger partial charge < -0.3 is 19.7 Å². The minimum Gasteiger partial charge on any atom is -0.478 e. The fourth-order valence-electron chi connectivity index (χ4n) is 6.10. The fraction of sp³-hybridized carbons (Fsp3) is 0.619. The molecule has 8 heteroatoms. The lowest BCUT2D eigenvalue weighted by Crippen LogP contribution is -2.16. The number of hydrogen-bond acceptors (Lipinski definition) is 6. The molecule has 0 saturated carbocycles. The van der Waals surface area contributed by atoms with Gasteiger partial charge in [-0.2, -0.15) is 0 Å². The Bertz CT molecular complexity index is 1250. The maximum Gasteiger partial charge on any atom is 0.339 e. The lowest BCUT2D eigenvalue weighted by atomic mass is 9.86. The van der Waals surface area contributed by atoms with Crippen LogP contribution in [0.15, 0.2) is 30.3 Å². The van der Waals surface area contributed by atoms with Gasteiger partial charge in [0.25, 0.3) is 0 Å². The molecule has 0 amide bonds. The van der Waals surface area contributed by atoms with Crippen molar-refractivity contribution in [2.24, 2.45) is 0 Å². The lowest BCUT2D eigenvalue weighted by molar-refractivity contribution is 0.0450. The van der Waals surface area contributed by atoms with Crippen molar-refractivity contribution in [3.8, 4) is 0 Å². The summed E-state index contributed by atoms with van der Waals surface area (Å²) in [5, 5.41) is 18.9. The SMILES string of the molecule is CCCCCCCCOC(=O)c1ccccc1C(=O)OCCCCCCCC.CCCCCCc1c(CC)c(CC)cc(C(=O)O)c1C(=O)O. The summed E-state index contributed by atoms with van der Waals surface area (Å²) >= 11 is 0. The van der Waals surface area contributed by atoms with Crippen LogP contribution in [-0.4, -0.2) is 47.3 Å². The van der Waals surface area contributed by atoms with Gasteiger partial charge >= 0.3 is 23.9 Å². The molecule has 0 radical (unpaired) electrons. The fourth-order valence-corrected chi connectivity index (χ4v) is 6.10. The highest BCUT2D eigenvalue weighted by molar-refractivity contribution is 6.04. The van der Waals surface area contributed by atoms with Crippen molar-refractivity contribution >= 4 is 23.9 Å². The zero-order chi connectivity index (χ0) is 37.1. The van der Waals surface area contributed by atoms with Gasteiger partial charge in [0.1, 0.15) is 0 Å². The van der Waals surface area contributed by atoms with Crippen LogP contribution in [0.25, 0.3) is 0 Å². The van der Waals surface area contributed by atoms with Crippen molar-refractivity contribution < 1.29 is 38.9 Å². The van der Waals surface area contributed by atoms with Crippen LogP contribution in [0.1, 0.15) is 195 Å². The van der Waals surface area contributed by atoms with Gasteiger partial charge in [-0.15, -0.1) is 0 Å². The Morgan fingerprint density at radius 1 is 0.520 bits per heavy atom. The third kappa shape index (κ3) is 16.4. The third-order valence-electron chi connectivity index (χ3n) is 8.93. The first-order valence-corrected chi connectivity index (χ1v) is 19.3. The summed E-state index contributed by atoms with van der Waals surface area (Å²) in [5.74, 6) is -3.19. The van der Waals surface area contributed by atoms with Gasteiger partial charge in [0.15, 0.2) is 0 Å². The number of carboxylic acids is 2. The topological polar surface area (TPSA) is 127 Å². The molecule has 8 nitrogen and oxygen atoms in total. The quantitative estimate of drug-likeness (QED) is 0.0775. The average molecular weight is 697 g/mol. The van der Waals surface area contributed by atoms with Crippen molar-refractivity contribution in [3.63, 3.8) is 0 Å². The van der Waals surface area contributed by atoms with E-state index in [1.807, 2.05) is 13.8 Å². The van der Waals surface area contributed by atoms with Crippen LogP contribution in [0.3, 0.4) is 0 Å². The zero-order valence-corrected chi connectivity index (χ0v) is 31.6. The van der Waals surface area contributed by atoms with Crippen molar-refractivity contribution in [1.82, 2.24) is 0 Å². The van der Waals surface area contributed by atoms with E-state index in [2.05, 4.69) is 20.8 Å². The Morgan fingerprint density at radius 2 is 0.960 bits per heavy atom. The van der Waals surface area contributed by atoms with Crippen LogP contribution in [0.5, 0.6) is 0 Å². The van der Waals surface area contributed by atoms with E-state index in [0.29, 0.717) is 37.2 Å². The molecule has 0 aliphatic heterocycles. The van der Waals surface area contributed by atoms with Crippen LogP contribution < -0.4 is 0 Å². The molecule has 0 atom stereocenters. The summed E-state index contributed by atoms with van der Waals surface area (Å²) in [4.78, 5) is 47.8. The molecule has 0 aliphatic rings. The van der Waals surface area contributed by atoms with Crippen LogP contribution in [0.4, 0.5) is 0 Å². The smallest absolute Gasteiger partial charge is 0.339 e. The molecular formula is C42H64O8. The summed E-state index contributed by atoms with van der Waals surface area (Å²) in [7, 11) is 0. The number of rotatable bonds is 25. The normalized spacial score (nSPS) is 10.7. The molecule has 50 heavy (non-hydrogen) atoms. The van der Waals surface area contributed by atoms with E-state index in [1.165, 1.54) is 51.4 Å². The number of benzene rings is 2. The van der Waals surface area contributed by atoms with E-state index in [9.17, 15) is 29.4 Å². The van der Waals surface area contributed by atoms with Gasteiger partial charge in [-0.05, 0) is 73.4 Å². The van der Waals surface area contributed by atoms with E-state index >= 15 is 0 Å². The molecule has 0 fully saturated rings. The monoisotopic (exact) mass is 696 g/mol. The van der Waals surface area contributed by atoms with Crippen molar-refractivity contribution in [2.75, 3.05) is 13.2 Å². The largest absolute Gasteiger partial charge is 0.478 e. The molecule has 0 saturated heterocycles. The summed E-state index contributed by atoms with van der Waals surface area (Å²) in [6.45, 7) is 11.3. The lowest BCUT2D eigenvalue weighted by Gasteiger charge is -2.18. The van der Waals surface area contributed by atoms with Gasteiger partial charge in [0.2, 0.25) is 0 Å². The van der Waals surface area contributed by atoms with E-state index < -0.39 is 23.9 Å². The second kappa shape index (κ2) is 27.1. The molecule has 2 aromatic rings. The molecule has 0 heterocycles. The Kier molecular flexibility index (Phi) is 24.0. The first-order valence-electron chi connectivity index (χ1n) is 19.3. The molecule has 280 valence electrons. The summed E-state index contributed by atoms with van der Waals surface area (Å²) in [6, 6.07) is 8.29. The maximum atomic E-state index is 12.4. The second-order valence-electron chi connectivity index (χ2n) is 12.9. The Labute approximate surface area is 301 Å². The van der Waals surface area contributed by atoms with Crippen LogP contribution in [-0.2, 0) is 28.7 Å². The van der Waals surface area contributed by atoms with Gasteiger partial charge in [0.05, 0.1) is 35.5 Å².